The Morgan fingerprint density at radius 2 is 1.59 bits per heavy atom. The molecule has 2 aromatic carbocycles. The van der Waals surface area contributed by atoms with Gasteiger partial charge in [0.25, 0.3) is 11.8 Å². The molecule has 172 valence electrons. The van der Waals surface area contributed by atoms with Gasteiger partial charge in [0.05, 0.1) is 18.4 Å². The van der Waals surface area contributed by atoms with Crippen LogP contribution in [0, 0.1) is 5.82 Å². The summed E-state index contributed by atoms with van der Waals surface area (Å²) in [5.41, 5.74) is 7.11. The summed E-state index contributed by atoms with van der Waals surface area (Å²) in [7, 11) is 0. The molecule has 10 heteroatoms. The van der Waals surface area contributed by atoms with Crippen molar-refractivity contribution >= 4 is 17.7 Å². The molecular formula is C24H21FN6O3. The van der Waals surface area contributed by atoms with Gasteiger partial charge in [-0.25, -0.2) is 9.07 Å². The molecule has 0 bridgehead atoms. The molecule has 4 N–H and O–H groups in total. The second kappa shape index (κ2) is 9.82. The van der Waals surface area contributed by atoms with Gasteiger partial charge in [-0.2, -0.15) is 5.10 Å². The van der Waals surface area contributed by atoms with E-state index in [9.17, 15) is 18.8 Å². The topological polar surface area (TPSA) is 124 Å². The predicted molar refractivity (Wildman–Crippen MR) is 122 cm³/mol. The minimum absolute atomic E-state index is 0.217. The second-order valence-electron chi connectivity index (χ2n) is 7.39. The Bertz CT molecular complexity index is 1310. The van der Waals surface area contributed by atoms with Crippen LogP contribution in [0.5, 0.6) is 0 Å². The largest absolute Gasteiger partial charge is 0.368 e. The molecular weight excluding hydrogens is 439 g/mol. The fourth-order valence-electron chi connectivity index (χ4n) is 3.32. The van der Waals surface area contributed by atoms with Crippen LogP contribution in [0.25, 0.3) is 11.5 Å². The Labute approximate surface area is 194 Å². The lowest BCUT2D eigenvalue weighted by molar-refractivity contribution is -0.117. The van der Waals surface area contributed by atoms with Crippen LogP contribution < -0.4 is 16.4 Å². The van der Waals surface area contributed by atoms with Gasteiger partial charge < -0.3 is 20.9 Å². The average Bonchev–Trinajstić information content (AvgIpc) is 3.52. The zero-order valence-electron chi connectivity index (χ0n) is 17.9. The van der Waals surface area contributed by atoms with Crippen LogP contribution in [-0.2, 0) is 11.3 Å². The van der Waals surface area contributed by atoms with Crippen LogP contribution in [0.1, 0.15) is 26.3 Å². The third-order valence-corrected chi connectivity index (χ3v) is 5.00. The molecule has 0 spiro atoms. The SMILES string of the molecule is NC(=O)CNC(=O)c1ccc(CNC(=O)c2cnn(-c3ccc(F)cc3)c2-n2cccc2)cc1. The molecule has 4 aromatic rings. The van der Waals surface area contributed by atoms with Crippen molar-refractivity contribution in [2.24, 2.45) is 5.73 Å². The maximum atomic E-state index is 13.4. The lowest BCUT2D eigenvalue weighted by atomic mass is 10.1. The fourth-order valence-corrected chi connectivity index (χ4v) is 3.32. The number of amides is 3. The molecule has 0 saturated carbocycles. The number of carbonyl (C=O) groups is 3. The summed E-state index contributed by atoms with van der Waals surface area (Å²) in [4.78, 5) is 35.8. The number of nitrogens with zero attached hydrogens (tertiary/aromatic N) is 3. The molecule has 0 fully saturated rings. The number of primary amides is 1. The zero-order chi connectivity index (χ0) is 24.1. The van der Waals surface area contributed by atoms with Crippen molar-refractivity contribution in [3.8, 4) is 11.5 Å². The van der Waals surface area contributed by atoms with Crippen LogP contribution in [0.15, 0.2) is 79.3 Å². The number of carbonyl (C=O) groups excluding carboxylic acids is 3. The maximum Gasteiger partial charge on any atom is 0.256 e. The first-order valence-electron chi connectivity index (χ1n) is 10.3. The molecule has 0 aliphatic heterocycles. The number of hydrogen-bond donors (Lipinski definition) is 3. The van der Waals surface area contributed by atoms with E-state index in [1.165, 1.54) is 18.3 Å². The monoisotopic (exact) mass is 460 g/mol. The summed E-state index contributed by atoms with van der Waals surface area (Å²) in [5, 5.41) is 9.61. The maximum absolute atomic E-state index is 13.4. The van der Waals surface area contributed by atoms with E-state index in [0.717, 1.165) is 5.56 Å². The van der Waals surface area contributed by atoms with Gasteiger partial charge in [0.2, 0.25) is 5.91 Å². The van der Waals surface area contributed by atoms with Gasteiger partial charge in [0.15, 0.2) is 5.82 Å². The molecule has 2 aromatic heterocycles. The number of hydrogen-bond acceptors (Lipinski definition) is 4. The molecule has 0 aliphatic rings. The third-order valence-electron chi connectivity index (χ3n) is 5.00. The van der Waals surface area contributed by atoms with E-state index in [1.54, 1.807) is 58.0 Å². The highest BCUT2D eigenvalue weighted by molar-refractivity contribution is 5.97. The Kier molecular flexibility index (Phi) is 6.49. The first kappa shape index (κ1) is 22.5. The first-order chi connectivity index (χ1) is 16.4. The smallest absolute Gasteiger partial charge is 0.256 e. The fraction of sp³-hybridized carbons (Fsp3) is 0.0833. The second-order valence-corrected chi connectivity index (χ2v) is 7.39. The summed E-state index contributed by atoms with van der Waals surface area (Å²) in [6, 6.07) is 16.1. The molecule has 34 heavy (non-hydrogen) atoms. The van der Waals surface area contributed by atoms with E-state index in [0.29, 0.717) is 22.6 Å². The van der Waals surface area contributed by atoms with Gasteiger partial charge in [0.1, 0.15) is 11.4 Å². The minimum atomic E-state index is -0.630. The number of rotatable bonds is 8. The van der Waals surface area contributed by atoms with Crippen LogP contribution in [0.3, 0.4) is 0 Å². The Morgan fingerprint density at radius 1 is 0.912 bits per heavy atom. The van der Waals surface area contributed by atoms with E-state index in [1.807, 2.05) is 12.1 Å². The van der Waals surface area contributed by atoms with Crippen molar-refractivity contribution in [2.75, 3.05) is 6.54 Å². The van der Waals surface area contributed by atoms with Gasteiger partial charge in [-0.05, 0) is 54.1 Å². The van der Waals surface area contributed by atoms with Gasteiger partial charge >= 0.3 is 0 Å². The van der Waals surface area contributed by atoms with Crippen LogP contribution >= 0.6 is 0 Å². The van der Waals surface area contributed by atoms with Crippen molar-refractivity contribution in [2.45, 2.75) is 6.54 Å². The number of nitrogens with one attached hydrogen (secondary N) is 2. The number of benzene rings is 2. The molecule has 0 aliphatic carbocycles. The number of halogens is 1. The van der Waals surface area contributed by atoms with Crippen LogP contribution in [0.2, 0.25) is 0 Å². The summed E-state index contributed by atoms with van der Waals surface area (Å²) in [5.74, 6) is -1.25. The molecule has 0 unspecified atom stereocenters. The Hall–Kier alpha value is -4.73. The molecule has 9 nitrogen and oxygen atoms in total. The third kappa shape index (κ3) is 5.01. The van der Waals surface area contributed by atoms with E-state index in [-0.39, 0.29) is 24.8 Å². The van der Waals surface area contributed by atoms with Gasteiger partial charge in [-0.3, -0.25) is 14.4 Å². The number of nitrogens with two attached hydrogens (primary N) is 1. The van der Waals surface area contributed by atoms with Crippen molar-refractivity contribution in [1.82, 2.24) is 25.0 Å². The average molecular weight is 460 g/mol. The van der Waals surface area contributed by atoms with Crippen molar-refractivity contribution in [3.05, 3.63) is 102 Å². The highest BCUT2D eigenvalue weighted by Gasteiger charge is 2.20. The van der Waals surface area contributed by atoms with E-state index in [2.05, 4.69) is 15.7 Å². The molecule has 0 saturated heterocycles. The predicted octanol–water partition coefficient (Wildman–Crippen LogP) is 1.95. The highest BCUT2D eigenvalue weighted by atomic mass is 19.1. The Balaban J connectivity index is 1.50. The van der Waals surface area contributed by atoms with Crippen molar-refractivity contribution < 1.29 is 18.8 Å². The summed E-state index contributed by atoms with van der Waals surface area (Å²) in [6.45, 7) is -0.0269. The highest BCUT2D eigenvalue weighted by Crippen LogP contribution is 2.20. The quantitative estimate of drug-likeness (QED) is 0.372. The molecule has 0 atom stereocenters. The lowest BCUT2D eigenvalue weighted by Gasteiger charge is -2.11. The minimum Gasteiger partial charge on any atom is -0.368 e. The summed E-state index contributed by atoms with van der Waals surface area (Å²) in [6.07, 6.45) is 5.03. The standard InChI is InChI=1S/C24H21FN6O3/c25-18-7-9-19(10-8-18)31-24(30-11-1-2-12-30)20(14-29-31)23(34)27-13-16-3-5-17(6-4-16)22(33)28-15-21(26)32/h1-12,14H,13,15H2,(H2,26,32)(H,27,34)(H,28,33). The lowest BCUT2D eigenvalue weighted by Crippen LogP contribution is -2.33. The van der Waals surface area contributed by atoms with E-state index >= 15 is 0 Å². The first-order valence-corrected chi connectivity index (χ1v) is 10.3. The van der Waals surface area contributed by atoms with Crippen LogP contribution in [0.4, 0.5) is 4.39 Å². The van der Waals surface area contributed by atoms with Gasteiger partial charge in [-0.1, -0.05) is 12.1 Å². The van der Waals surface area contributed by atoms with Gasteiger partial charge in [0, 0.05) is 24.5 Å². The van der Waals surface area contributed by atoms with E-state index in [4.69, 9.17) is 5.73 Å². The summed E-state index contributed by atoms with van der Waals surface area (Å²) < 4.78 is 16.7. The van der Waals surface area contributed by atoms with Crippen LogP contribution in [-0.4, -0.2) is 38.6 Å². The number of aromatic nitrogens is 3. The molecule has 2 heterocycles. The normalized spacial score (nSPS) is 10.6. The molecule has 0 radical (unpaired) electrons. The van der Waals surface area contributed by atoms with Crippen molar-refractivity contribution in [3.63, 3.8) is 0 Å². The van der Waals surface area contributed by atoms with E-state index < -0.39 is 11.8 Å². The zero-order valence-corrected chi connectivity index (χ0v) is 17.9. The van der Waals surface area contributed by atoms with Gasteiger partial charge in [-0.15, -0.1) is 0 Å². The summed E-state index contributed by atoms with van der Waals surface area (Å²) >= 11 is 0. The molecule has 3 amide bonds. The van der Waals surface area contributed by atoms with Crippen molar-refractivity contribution in [1.29, 1.82) is 0 Å². The molecule has 4 rings (SSSR count). The Morgan fingerprint density at radius 3 is 2.24 bits per heavy atom.